The predicted molar refractivity (Wildman–Crippen MR) is 85.8 cm³/mol. The van der Waals surface area contributed by atoms with E-state index in [4.69, 9.17) is 11.6 Å². The van der Waals surface area contributed by atoms with Gasteiger partial charge in [-0.05, 0) is 37.7 Å². The Hall–Kier alpha value is -0.430. The molecule has 1 aliphatic rings. The number of aliphatic hydroxyl groups excluding tert-OH is 1. The third kappa shape index (κ3) is 4.55. The maximum Gasteiger partial charge on any atom is 0.315 e. The van der Waals surface area contributed by atoms with E-state index in [1.54, 1.807) is 12.1 Å². The van der Waals surface area contributed by atoms with Crippen LogP contribution in [0.1, 0.15) is 30.2 Å². The summed E-state index contributed by atoms with van der Waals surface area (Å²) in [6.07, 6.45) is 4.61. The third-order valence-electron chi connectivity index (χ3n) is 3.43. The molecule has 1 saturated carbocycles. The summed E-state index contributed by atoms with van der Waals surface area (Å²) in [6.45, 7) is 0.196. The molecule has 0 aromatic carbocycles. The SMILES string of the molecule is CSC1CCC(NC(=O)NCC(O)c2ccc(Cl)s2)C1. The average molecular weight is 335 g/mol. The van der Waals surface area contributed by atoms with Crippen molar-refractivity contribution in [2.75, 3.05) is 12.8 Å². The highest BCUT2D eigenvalue weighted by Gasteiger charge is 2.25. The number of urea groups is 1. The lowest BCUT2D eigenvalue weighted by Gasteiger charge is -2.15. The number of thiophene rings is 1. The van der Waals surface area contributed by atoms with E-state index in [1.807, 2.05) is 11.8 Å². The van der Waals surface area contributed by atoms with Gasteiger partial charge in [-0.2, -0.15) is 11.8 Å². The van der Waals surface area contributed by atoms with Crippen molar-refractivity contribution in [2.24, 2.45) is 0 Å². The molecule has 0 aliphatic heterocycles. The largest absolute Gasteiger partial charge is 0.386 e. The highest BCUT2D eigenvalue weighted by atomic mass is 35.5. The first-order valence-electron chi connectivity index (χ1n) is 6.59. The van der Waals surface area contributed by atoms with Crippen LogP contribution in [-0.2, 0) is 0 Å². The van der Waals surface area contributed by atoms with Gasteiger partial charge in [0.15, 0.2) is 0 Å². The van der Waals surface area contributed by atoms with Gasteiger partial charge in [0.1, 0.15) is 6.10 Å². The second kappa shape index (κ2) is 7.54. The third-order valence-corrected chi connectivity index (χ3v) is 5.86. The van der Waals surface area contributed by atoms with Crippen molar-refractivity contribution >= 4 is 40.7 Å². The van der Waals surface area contributed by atoms with Gasteiger partial charge in [0.05, 0.1) is 10.9 Å². The van der Waals surface area contributed by atoms with Gasteiger partial charge in [0.25, 0.3) is 0 Å². The summed E-state index contributed by atoms with van der Waals surface area (Å²) in [5.41, 5.74) is 0. The maximum atomic E-state index is 11.8. The summed E-state index contributed by atoms with van der Waals surface area (Å²) in [7, 11) is 0. The first-order valence-corrected chi connectivity index (χ1v) is 9.07. The zero-order valence-corrected chi connectivity index (χ0v) is 13.7. The van der Waals surface area contributed by atoms with Crippen LogP contribution in [0.25, 0.3) is 0 Å². The summed E-state index contributed by atoms with van der Waals surface area (Å²) in [5.74, 6) is 0. The molecule has 1 aliphatic carbocycles. The van der Waals surface area contributed by atoms with Crippen LogP contribution in [0, 0.1) is 0 Å². The number of amides is 2. The van der Waals surface area contributed by atoms with Crippen LogP contribution in [0.5, 0.6) is 0 Å². The van der Waals surface area contributed by atoms with Gasteiger partial charge in [0, 0.05) is 16.2 Å². The first kappa shape index (κ1) is 15.9. The van der Waals surface area contributed by atoms with Crippen LogP contribution in [0.4, 0.5) is 4.79 Å². The van der Waals surface area contributed by atoms with E-state index in [2.05, 4.69) is 16.9 Å². The molecule has 3 atom stereocenters. The first-order chi connectivity index (χ1) is 9.58. The van der Waals surface area contributed by atoms with Crippen molar-refractivity contribution in [1.82, 2.24) is 10.6 Å². The molecule has 4 nitrogen and oxygen atoms in total. The Labute approximate surface area is 132 Å². The number of carbonyl (C=O) groups is 1. The second-order valence-corrected chi connectivity index (χ2v) is 7.76. The van der Waals surface area contributed by atoms with Crippen molar-refractivity contribution in [1.29, 1.82) is 0 Å². The van der Waals surface area contributed by atoms with Gasteiger partial charge < -0.3 is 15.7 Å². The molecule has 112 valence electrons. The molecule has 1 fully saturated rings. The standard InChI is InChI=1S/C13H19ClN2O2S2/c1-19-9-3-2-8(6-9)16-13(18)15-7-10(17)11-4-5-12(14)20-11/h4-5,8-10,17H,2-3,6-7H2,1H3,(H2,15,16,18). The van der Waals surface area contributed by atoms with E-state index < -0.39 is 6.10 Å². The highest BCUT2D eigenvalue weighted by Crippen LogP contribution is 2.28. The quantitative estimate of drug-likeness (QED) is 0.775. The summed E-state index contributed by atoms with van der Waals surface area (Å²) in [6, 6.07) is 3.56. The Balaban J connectivity index is 1.70. The van der Waals surface area contributed by atoms with Crippen molar-refractivity contribution < 1.29 is 9.90 Å². The van der Waals surface area contributed by atoms with E-state index >= 15 is 0 Å². The molecule has 1 aromatic rings. The fourth-order valence-corrected chi connectivity index (χ4v) is 4.16. The van der Waals surface area contributed by atoms with E-state index in [-0.39, 0.29) is 18.6 Å². The molecular weight excluding hydrogens is 316 g/mol. The number of hydrogen-bond acceptors (Lipinski definition) is 4. The molecule has 0 radical (unpaired) electrons. The van der Waals surface area contributed by atoms with Gasteiger partial charge >= 0.3 is 6.03 Å². The molecule has 1 aromatic heterocycles. The Morgan fingerprint density at radius 1 is 1.60 bits per heavy atom. The van der Waals surface area contributed by atoms with E-state index in [0.717, 1.165) is 24.1 Å². The van der Waals surface area contributed by atoms with Gasteiger partial charge in [-0.3, -0.25) is 0 Å². The Morgan fingerprint density at radius 3 is 3.00 bits per heavy atom. The highest BCUT2D eigenvalue weighted by molar-refractivity contribution is 7.99. The number of nitrogens with one attached hydrogen (secondary N) is 2. The topological polar surface area (TPSA) is 61.4 Å². The maximum absolute atomic E-state index is 11.8. The average Bonchev–Trinajstić information content (AvgIpc) is 3.05. The summed E-state index contributed by atoms with van der Waals surface area (Å²) in [5, 5.41) is 16.2. The van der Waals surface area contributed by atoms with Crippen LogP contribution in [0.2, 0.25) is 4.34 Å². The van der Waals surface area contributed by atoms with Gasteiger partial charge in [0.2, 0.25) is 0 Å². The van der Waals surface area contributed by atoms with Crippen molar-refractivity contribution in [3.8, 4) is 0 Å². The monoisotopic (exact) mass is 334 g/mol. The van der Waals surface area contributed by atoms with Crippen LogP contribution in [-0.4, -0.2) is 35.2 Å². The fourth-order valence-electron chi connectivity index (χ4n) is 2.32. The van der Waals surface area contributed by atoms with Crippen LogP contribution < -0.4 is 10.6 Å². The molecule has 3 unspecified atom stereocenters. The van der Waals surface area contributed by atoms with Crippen molar-refractivity contribution in [3.05, 3.63) is 21.3 Å². The number of hydrogen-bond donors (Lipinski definition) is 3. The molecular formula is C13H19ClN2O2S2. The van der Waals surface area contributed by atoms with Crippen molar-refractivity contribution in [3.63, 3.8) is 0 Å². The van der Waals surface area contributed by atoms with Crippen LogP contribution in [0.15, 0.2) is 12.1 Å². The Kier molecular flexibility index (Phi) is 6.01. The lowest BCUT2D eigenvalue weighted by molar-refractivity contribution is 0.176. The van der Waals surface area contributed by atoms with E-state index in [9.17, 15) is 9.90 Å². The Morgan fingerprint density at radius 2 is 2.40 bits per heavy atom. The minimum Gasteiger partial charge on any atom is -0.386 e. The van der Waals surface area contributed by atoms with Gasteiger partial charge in [-0.15, -0.1) is 11.3 Å². The molecule has 0 saturated heterocycles. The zero-order valence-electron chi connectivity index (χ0n) is 11.3. The van der Waals surface area contributed by atoms with Gasteiger partial charge in [-0.25, -0.2) is 4.79 Å². The molecule has 2 amide bonds. The van der Waals surface area contributed by atoms with Crippen molar-refractivity contribution in [2.45, 2.75) is 36.7 Å². The second-order valence-electron chi connectivity index (χ2n) is 4.88. The number of rotatable bonds is 5. The Bertz CT molecular complexity index is 455. The number of carbonyl (C=O) groups excluding carboxylic acids is 1. The lowest BCUT2D eigenvalue weighted by atomic mass is 10.2. The normalized spacial score (nSPS) is 23.6. The van der Waals surface area contributed by atoms with E-state index in [0.29, 0.717) is 9.59 Å². The molecule has 3 N–H and O–H groups in total. The summed E-state index contributed by atoms with van der Waals surface area (Å²) < 4.78 is 0.637. The fraction of sp³-hybridized carbons (Fsp3) is 0.615. The minimum absolute atomic E-state index is 0.196. The van der Waals surface area contributed by atoms with Crippen LogP contribution in [0.3, 0.4) is 0 Å². The summed E-state index contributed by atoms with van der Waals surface area (Å²) in [4.78, 5) is 12.5. The number of halogens is 1. The molecule has 1 heterocycles. The molecule has 0 spiro atoms. The van der Waals surface area contributed by atoms with Gasteiger partial charge in [-0.1, -0.05) is 11.6 Å². The summed E-state index contributed by atoms with van der Waals surface area (Å²) >= 11 is 9.00. The number of aliphatic hydroxyl groups is 1. The predicted octanol–water partition coefficient (Wildman–Crippen LogP) is 3.02. The lowest BCUT2D eigenvalue weighted by Crippen LogP contribution is -2.42. The molecule has 7 heteroatoms. The molecule has 0 bridgehead atoms. The van der Waals surface area contributed by atoms with Crippen LogP contribution >= 0.6 is 34.7 Å². The molecule has 20 heavy (non-hydrogen) atoms. The number of thioether (sulfide) groups is 1. The molecule has 2 rings (SSSR count). The zero-order chi connectivity index (χ0) is 14.5. The van der Waals surface area contributed by atoms with E-state index in [1.165, 1.54) is 11.3 Å². The smallest absolute Gasteiger partial charge is 0.315 e. The minimum atomic E-state index is -0.708.